The third kappa shape index (κ3) is 3.81. The first-order chi connectivity index (χ1) is 7.24. The van der Waals surface area contributed by atoms with Gasteiger partial charge in [-0.3, -0.25) is 0 Å². The molecular formula is C11H15N3O. The Morgan fingerprint density at radius 2 is 2.00 bits per heavy atom. The van der Waals surface area contributed by atoms with Crippen molar-refractivity contribution < 1.29 is 4.79 Å². The Morgan fingerprint density at radius 1 is 1.33 bits per heavy atom. The van der Waals surface area contributed by atoms with Crippen molar-refractivity contribution in [2.45, 2.75) is 13.8 Å². The molecule has 0 unspecified atom stereocenters. The summed E-state index contributed by atoms with van der Waals surface area (Å²) in [7, 11) is 0. The van der Waals surface area contributed by atoms with Gasteiger partial charge in [-0.05, 0) is 19.4 Å². The number of nitrogens with zero attached hydrogens (tertiary/aromatic N) is 1. The van der Waals surface area contributed by atoms with Crippen molar-refractivity contribution in [3.05, 3.63) is 35.9 Å². The van der Waals surface area contributed by atoms with Gasteiger partial charge in [-0.25, -0.2) is 10.2 Å². The third-order valence-electron chi connectivity index (χ3n) is 1.85. The molecule has 15 heavy (non-hydrogen) atoms. The van der Waals surface area contributed by atoms with E-state index >= 15 is 0 Å². The zero-order chi connectivity index (χ0) is 11.1. The molecule has 0 radical (unpaired) electrons. The van der Waals surface area contributed by atoms with Gasteiger partial charge < -0.3 is 5.32 Å². The average Bonchev–Trinajstić information content (AvgIpc) is 2.27. The second kappa shape index (κ2) is 5.80. The number of hydrogen-bond donors (Lipinski definition) is 2. The molecule has 0 fully saturated rings. The Balaban J connectivity index is 2.57. The van der Waals surface area contributed by atoms with E-state index in [1.54, 1.807) is 0 Å². The van der Waals surface area contributed by atoms with Crippen LogP contribution >= 0.6 is 0 Å². The summed E-state index contributed by atoms with van der Waals surface area (Å²) in [6, 6.07) is 9.40. The first-order valence-electron chi connectivity index (χ1n) is 4.87. The van der Waals surface area contributed by atoms with Crippen molar-refractivity contribution in [3.8, 4) is 0 Å². The minimum atomic E-state index is -0.284. The number of amides is 2. The van der Waals surface area contributed by atoms with Crippen LogP contribution in [0.1, 0.15) is 19.4 Å². The van der Waals surface area contributed by atoms with Crippen molar-refractivity contribution in [1.82, 2.24) is 10.7 Å². The van der Waals surface area contributed by atoms with Gasteiger partial charge >= 0.3 is 6.03 Å². The molecule has 2 amide bonds. The molecule has 0 aliphatic heterocycles. The quantitative estimate of drug-likeness (QED) is 0.573. The summed E-state index contributed by atoms with van der Waals surface area (Å²) in [5.74, 6) is 0. The molecule has 0 saturated heterocycles. The smallest absolute Gasteiger partial charge is 0.335 e. The third-order valence-corrected chi connectivity index (χ3v) is 1.85. The highest BCUT2D eigenvalue weighted by atomic mass is 16.2. The highest BCUT2D eigenvalue weighted by Crippen LogP contribution is 1.99. The Kier molecular flexibility index (Phi) is 4.34. The normalized spacial score (nSPS) is 10.9. The predicted octanol–water partition coefficient (Wildman–Crippen LogP) is 1.73. The van der Waals surface area contributed by atoms with Crippen LogP contribution in [0.2, 0.25) is 0 Å². The lowest BCUT2D eigenvalue weighted by Crippen LogP contribution is -2.32. The predicted molar refractivity (Wildman–Crippen MR) is 60.9 cm³/mol. The topological polar surface area (TPSA) is 53.5 Å². The summed E-state index contributed by atoms with van der Waals surface area (Å²) in [6.45, 7) is 4.29. The second-order valence-corrected chi connectivity index (χ2v) is 3.03. The maximum atomic E-state index is 11.0. The molecule has 1 aromatic rings. The fraction of sp³-hybridized carbons (Fsp3) is 0.273. The molecule has 2 N–H and O–H groups in total. The summed E-state index contributed by atoms with van der Waals surface area (Å²) in [4.78, 5) is 11.0. The number of carbonyl (C=O) groups excluding carboxylic acids is 1. The molecule has 1 rings (SSSR count). The Morgan fingerprint density at radius 3 is 2.60 bits per heavy atom. The SMILES string of the molecule is CCNC(=O)N/N=C(\C)c1ccccc1. The van der Waals surface area contributed by atoms with Crippen LogP contribution in [0.25, 0.3) is 0 Å². The van der Waals surface area contributed by atoms with Crippen LogP contribution in [-0.2, 0) is 0 Å². The first kappa shape index (κ1) is 11.2. The van der Waals surface area contributed by atoms with Gasteiger partial charge in [0.2, 0.25) is 0 Å². The molecule has 0 aromatic heterocycles. The fourth-order valence-corrected chi connectivity index (χ4v) is 1.08. The monoisotopic (exact) mass is 205 g/mol. The zero-order valence-corrected chi connectivity index (χ0v) is 8.95. The van der Waals surface area contributed by atoms with Gasteiger partial charge in [0.1, 0.15) is 0 Å². The first-order valence-corrected chi connectivity index (χ1v) is 4.87. The highest BCUT2D eigenvalue weighted by molar-refractivity contribution is 5.99. The van der Waals surface area contributed by atoms with Crippen LogP contribution in [-0.4, -0.2) is 18.3 Å². The van der Waals surface area contributed by atoms with E-state index in [9.17, 15) is 4.79 Å². The van der Waals surface area contributed by atoms with E-state index < -0.39 is 0 Å². The Labute approximate surface area is 89.4 Å². The summed E-state index contributed by atoms with van der Waals surface area (Å²) >= 11 is 0. The van der Waals surface area contributed by atoms with Crippen LogP contribution in [0.5, 0.6) is 0 Å². The van der Waals surface area contributed by atoms with E-state index in [-0.39, 0.29) is 6.03 Å². The van der Waals surface area contributed by atoms with Crippen molar-refractivity contribution in [3.63, 3.8) is 0 Å². The minimum absolute atomic E-state index is 0.284. The molecule has 1 aromatic carbocycles. The lowest BCUT2D eigenvalue weighted by atomic mass is 10.1. The van der Waals surface area contributed by atoms with Crippen LogP contribution in [0.3, 0.4) is 0 Å². The van der Waals surface area contributed by atoms with Gasteiger partial charge in [-0.2, -0.15) is 5.10 Å². The van der Waals surface area contributed by atoms with E-state index in [0.29, 0.717) is 6.54 Å². The van der Waals surface area contributed by atoms with Gasteiger partial charge in [0.15, 0.2) is 0 Å². The number of benzene rings is 1. The lowest BCUT2D eigenvalue weighted by molar-refractivity contribution is 0.242. The Hall–Kier alpha value is -1.84. The van der Waals surface area contributed by atoms with E-state index in [1.807, 2.05) is 44.2 Å². The molecule has 0 heterocycles. The number of nitrogens with one attached hydrogen (secondary N) is 2. The standard InChI is InChI=1S/C11H15N3O/c1-3-12-11(15)14-13-9(2)10-7-5-4-6-8-10/h4-8H,3H2,1-2H3,(H2,12,14,15)/b13-9+. The van der Waals surface area contributed by atoms with Crippen molar-refractivity contribution in [2.24, 2.45) is 5.10 Å². The zero-order valence-electron chi connectivity index (χ0n) is 8.95. The second-order valence-electron chi connectivity index (χ2n) is 3.03. The molecule has 0 bridgehead atoms. The number of rotatable bonds is 3. The molecule has 0 atom stereocenters. The molecule has 0 spiro atoms. The van der Waals surface area contributed by atoms with Crippen molar-refractivity contribution in [2.75, 3.05) is 6.54 Å². The van der Waals surface area contributed by atoms with E-state index in [0.717, 1.165) is 11.3 Å². The number of hydrogen-bond acceptors (Lipinski definition) is 2. The van der Waals surface area contributed by atoms with Gasteiger partial charge in [0.25, 0.3) is 0 Å². The fourth-order valence-electron chi connectivity index (χ4n) is 1.08. The van der Waals surface area contributed by atoms with Crippen LogP contribution in [0.4, 0.5) is 4.79 Å². The van der Waals surface area contributed by atoms with Gasteiger partial charge in [-0.15, -0.1) is 0 Å². The van der Waals surface area contributed by atoms with Gasteiger partial charge in [0.05, 0.1) is 5.71 Å². The Bertz CT molecular complexity index is 346. The summed E-state index contributed by atoms with van der Waals surface area (Å²) in [5, 5.41) is 6.56. The number of urea groups is 1. The molecule has 0 aliphatic rings. The molecule has 4 nitrogen and oxygen atoms in total. The van der Waals surface area contributed by atoms with Gasteiger partial charge in [-0.1, -0.05) is 30.3 Å². The van der Waals surface area contributed by atoms with Crippen LogP contribution in [0, 0.1) is 0 Å². The number of hydrazone groups is 1. The summed E-state index contributed by atoms with van der Waals surface area (Å²) in [5.41, 5.74) is 4.19. The maximum absolute atomic E-state index is 11.0. The lowest BCUT2D eigenvalue weighted by Gasteiger charge is -2.02. The largest absolute Gasteiger partial charge is 0.337 e. The molecule has 80 valence electrons. The van der Waals surface area contributed by atoms with E-state index in [4.69, 9.17) is 0 Å². The van der Waals surface area contributed by atoms with Crippen LogP contribution < -0.4 is 10.7 Å². The highest BCUT2D eigenvalue weighted by Gasteiger charge is 1.97. The molecule has 0 aliphatic carbocycles. The summed E-state index contributed by atoms with van der Waals surface area (Å²) in [6.07, 6.45) is 0. The van der Waals surface area contributed by atoms with Crippen LogP contribution in [0.15, 0.2) is 35.4 Å². The van der Waals surface area contributed by atoms with E-state index in [2.05, 4.69) is 15.8 Å². The van der Waals surface area contributed by atoms with Crippen molar-refractivity contribution >= 4 is 11.7 Å². The van der Waals surface area contributed by atoms with Crippen molar-refractivity contribution in [1.29, 1.82) is 0 Å². The molecule has 0 saturated carbocycles. The summed E-state index contributed by atoms with van der Waals surface area (Å²) < 4.78 is 0. The minimum Gasteiger partial charge on any atom is -0.337 e. The maximum Gasteiger partial charge on any atom is 0.335 e. The average molecular weight is 205 g/mol. The van der Waals surface area contributed by atoms with Gasteiger partial charge in [0, 0.05) is 6.54 Å². The molecule has 4 heteroatoms. The number of carbonyl (C=O) groups is 1. The molecular weight excluding hydrogens is 190 g/mol. The van der Waals surface area contributed by atoms with E-state index in [1.165, 1.54) is 0 Å².